The maximum atomic E-state index is 12.7. The standard InChI is InChI=1S/C22H33N3O3/c1-15(2)20(27)24-11-13-25(14-12-24)21(28)16(3)23-19(26)17-7-9-18(10-8-17)22(4,5)6/h7-10,15-16H,11-14H2,1-6H3,(H,23,26). The number of hydrogen-bond acceptors (Lipinski definition) is 3. The van der Waals surface area contributed by atoms with Gasteiger partial charge in [-0.05, 0) is 30.0 Å². The van der Waals surface area contributed by atoms with Crippen molar-refractivity contribution < 1.29 is 14.4 Å². The van der Waals surface area contributed by atoms with Gasteiger partial charge in [-0.1, -0.05) is 46.8 Å². The zero-order valence-corrected chi connectivity index (χ0v) is 17.9. The Balaban J connectivity index is 1.90. The van der Waals surface area contributed by atoms with E-state index in [-0.39, 0.29) is 29.1 Å². The summed E-state index contributed by atoms with van der Waals surface area (Å²) >= 11 is 0. The SMILES string of the molecule is CC(C)C(=O)N1CCN(C(=O)C(C)NC(=O)c2ccc(C(C)(C)C)cc2)CC1. The first kappa shape index (κ1) is 21.9. The molecular formula is C22H33N3O3. The second-order valence-electron chi connectivity index (χ2n) is 8.83. The van der Waals surface area contributed by atoms with Crippen LogP contribution >= 0.6 is 0 Å². The van der Waals surface area contributed by atoms with Crippen molar-refractivity contribution in [1.29, 1.82) is 0 Å². The topological polar surface area (TPSA) is 69.7 Å². The van der Waals surface area contributed by atoms with Gasteiger partial charge in [0.1, 0.15) is 6.04 Å². The van der Waals surface area contributed by atoms with Crippen LogP contribution in [0.5, 0.6) is 0 Å². The summed E-state index contributed by atoms with van der Waals surface area (Å²) in [7, 11) is 0. The molecule has 1 fully saturated rings. The van der Waals surface area contributed by atoms with Gasteiger partial charge in [-0.25, -0.2) is 0 Å². The Morgan fingerprint density at radius 3 is 1.75 bits per heavy atom. The molecule has 1 unspecified atom stereocenters. The van der Waals surface area contributed by atoms with Crippen LogP contribution in [0.25, 0.3) is 0 Å². The number of rotatable bonds is 4. The van der Waals surface area contributed by atoms with Crippen molar-refractivity contribution in [3.8, 4) is 0 Å². The van der Waals surface area contributed by atoms with E-state index in [9.17, 15) is 14.4 Å². The predicted octanol–water partition coefficient (Wildman–Crippen LogP) is 2.43. The van der Waals surface area contributed by atoms with Crippen LogP contribution in [0.4, 0.5) is 0 Å². The van der Waals surface area contributed by atoms with Crippen molar-refractivity contribution in [2.24, 2.45) is 5.92 Å². The van der Waals surface area contributed by atoms with E-state index in [0.717, 1.165) is 5.56 Å². The Morgan fingerprint density at radius 2 is 1.32 bits per heavy atom. The minimum Gasteiger partial charge on any atom is -0.341 e. The molecule has 154 valence electrons. The lowest BCUT2D eigenvalue weighted by Gasteiger charge is -2.36. The molecule has 2 rings (SSSR count). The Bertz CT molecular complexity index is 712. The molecule has 1 aromatic rings. The van der Waals surface area contributed by atoms with Crippen LogP contribution < -0.4 is 5.32 Å². The molecule has 1 atom stereocenters. The van der Waals surface area contributed by atoms with Crippen LogP contribution in [-0.2, 0) is 15.0 Å². The third-order valence-electron chi connectivity index (χ3n) is 5.13. The highest BCUT2D eigenvalue weighted by Gasteiger charge is 2.28. The van der Waals surface area contributed by atoms with Crippen molar-refractivity contribution >= 4 is 17.7 Å². The normalized spacial score (nSPS) is 16.1. The first-order chi connectivity index (χ1) is 13.0. The second-order valence-corrected chi connectivity index (χ2v) is 8.83. The minimum absolute atomic E-state index is 0.0252. The van der Waals surface area contributed by atoms with E-state index in [1.165, 1.54) is 0 Å². The lowest BCUT2D eigenvalue weighted by molar-refractivity contribution is -0.142. The van der Waals surface area contributed by atoms with Gasteiger partial charge in [-0.3, -0.25) is 14.4 Å². The van der Waals surface area contributed by atoms with Crippen LogP contribution in [-0.4, -0.2) is 59.7 Å². The average molecular weight is 388 g/mol. The Morgan fingerprint density at radius 1 is 0.857 bits per heavy atom. The molecule has 6 nitrogen and oxygen atoms in total. The minimum atomic E-state index is -0.609. The molecule has 1 aliphatic heterocycles. The van der Waals surface area contributed by atoms with E-state index in [1.54, 1.807) is 28.9 Å². The van der Waals surface area contributed by atoms with Gasteiger partial charge < -0.3 is 15.1 Å². The van der Waals surface area contributed by atoms with Gasteiger partial charge in [0.15, 0.2) is 0 Å². The number of carbonyl (C=O) groups is 3. The number of benzene rings is 1. The van der Waals surface area contributed by atoms with Gasteiger partial charge in [-0.15, -0.1) is 0 Å². The fourth-order valence-corrected chi connectivity index (χ4v) is 3.25. The van der Waals surface area contributed by atoms with E-state index in [2.05, 4.69) is 26.1 Å². The molecule has 1 aromatic carbocycles. The zero-order chi connectivity index (χ0) is 21.1. The van der Waals surface area contributed by atoms with Crippen molar-refractivity contribution in [2.45, 2.75) is 53.0 Å². The number of hydrogen-bond donors (Lipinski definition) is 1. The predicted molar refractivity (Wildman–Crippen MR) is 110 cm³/mol. The fourth-order valence-electron chi connectivity index (χ4n) is 3.25. The third-order valence-corrected chi connectivity index (χ3v) is 5.13. The van der Waals surface area contributed by atoms with Gasteiger partial charge in [-0.2, -0.15) is 0 Å². The number of nitrogens with zero attached hydrogens (tertiary/aromatic N) is 2. The molecule has 0 aliphatic carbocycles. The van der Waals surface area contributed by atoms with E-state index >= 15 is 0 Å². The summed E-state index contributed by atoms with van der Waals surface area (Å²) in [6, 6.07) is 6.88. The average Bonchev–Trinajstić information content (AvgIpc) is 2.66. The van der Waals surface area contributed by atoms with Crippen LogP contribution in [0.1, 0.15) is 57.5 Å². The highest BCUT2D eigenvalue weighted by molar-refractivity contribution is 5.97. The molecule has 1 N–H and O–H groups in total. The highest BCUT2D eigenvalue weighted by atomic mass is 16.2. The van der Waals surface area contributed by atoms with Crippen molar-refractivity contribution in [3.05, 3.63) is 35.4 Å². The highest BCUT2D eigenvalue weighted by Crippen LogP contribution is 2.22. The van der Waals surface area contributed by atoms with Crippen LogP contribution in [0.15, 0.2) is 24.3 Å². The molecular weight excluding hydrogens is 354 g/mol. The maximum Gasteiger partial charge on any atom is 0.251 e. The quantitative estimate of drug-likeness (QED) is 0.863. The molecule has 1 heterocycles. The van der Waals surface area contributed by atoms with E-state index in [1.807, 2.05) is 26.0 Å². The van der Waals surface area contributed by atoms with Crippen molar-refractivity contribution in [2.75, 3.05) is 26.2 Å². The monoisotopic (exact) mass is 387 g/mol. The summed E-state index contributed by atoms with van der Waals surface area (Å²) in [6.07, 6.45) is 0. The maximum absolute atomic E-state index is 12.7. The van der Waals surface area contributed by atoms with Crippen molar-refractivity contribution in [3.63, 3.8) is 0 Å². The first-order valence-electron chi connectivity index (χ1n) is 9.99. The van der Waals surface area contributed by atoms with Crippen LogP contribution in [0, 0.1) is 5.92 Å². The van der Waals surface area contributed by atoms with Crippen LogP contribution in [0.2, 0.25) is 0 Å². The number of amides is 3. The molecule has 0 radical (unpaired) electrons. The molecule has 0 aromatic heterocycles. The lowest BCUT2D eigenvalue weighted by atomic mass is 9.86. The lowest BCUT2D eigenvalue weighted by Crippen LogP contribution is -2.55. The third kappa shape index (κ3) is 5.33. The Kier molecular flexibility index (Phi) is 6.86. The molecule has 1 saturated heterocycles. The van der Waals surface area contributed by atoms with Gasteiger partial charge in [0, 0.05) is 37.7 Å². The summed E-state index contributed by atoms with van der Waals surface area (Å²) in [4.78, 5) is 40.7. The number of carbonyl (C=O) groups excluding carboxylic acids is 3. The van der Waals surface area contributed by atoms with Gasteiger partial charge in [0.2, 0.25) is 11.8 Å². The Labute approximate surface area is 168 Å². The second kappa shape index (κ2) is 8.76. The summed E-state index contributed by atoms with van der Waals surface area (Å²) in [5.41, 5.74) is 1.72. The largest absolute Gasteiger partial charge is 0.341 e. The summed E-state index contributed by atoms with van der Waals surface area (Å²) in [5, 5.41) is 2.79. The first-order valence-corrected chi connectivity index (χ1v) is 9.99. The van der Waals surface area contributed by atoms with Gasteiger partial charge >= 0.3 is 0 Å². The summed E-state index contributed by atoms with van der Waals surface area (Å²) in [5.74, 6) is -0.288. The van der Waals surface area contributed by atoms with Gasteiger partial charge in [0.05, 0.1) is 0 Å². The van der Waals surface area contributed by atoms with E-state index in [4.69, 9.17) is 0 Å². The molecule has 28 heavy (non-hydrogen) atoms. The molecule has 0 bridgehead atoms. The smallest absolute Gasteiger partial charge is 0.251 e. The van der Waals surface area contributed by atoms with Crippen LogP contribution in [0.3, 0.4) is 0 Å². The van der Waals surface area contributed by atoms with Gasteiger partial charge in [0.25, 0.3) is 5.91 Å². The number of nitrogens with one attached hydrogen (secondary N) is 1. The Hall–Kier alpha value is -2.37. The summed E-state index contributed by atoms with van der Waals surface area (Å²) < 4.78 is 0. The zero-order valence-electron chi connectivity index (χ0n) is 17.9. The fraction of sp³-hybridized carbons (Fsp3) is 0.591. The molecule has 6 heteroatoms. The molecule has 1 aliphatic rings. The number of piperazine rings is 1. The van der Waals surface area contributed by atoms with E-state index < -0.39 is 6.04 Å². The molecule has 3 amide bonds. The molecule has 0 spiro atoms. The van der Waals surface area contributed by atoms with Crippen molar-refractivity contribution in [1.82, 2.24) is 15.1 Å². The summed E-state index contributed by atoms with van der Waals surface area (Å²) in [6.45, 7) is 13.9. The molecule has 0 saturated carbocycles. The van der Waals surface area contributed by atoms with E-state index in [0.29, 0.717) is 31.7 Å².